The van der Waals surface area contributed by atoms with Crippen LogP contribution in [-0.4, -0.2) is 6.03 Å². The number of rotatable bonds is 2. The lowest BCUT2D eigenvalue weighted by Crippen LogP contribution is -2.28. The molecule has 0 bridgehead atoms. The summed E-state index contributed by atoms with van der Waals surface area (Å²) in [5.74, 6) is 0. The lowest BCUT2D eigenvalue weighted by atomic mass is 10.1. The van der Waals surface area contributed by atoms with Crippen LogP contribution in [0.5, 0.6) is 0 Å². The molecule has 0 spiro atoms. The molecule has 13 heavy (non-hydrogen) atoms. The highest BCUT2D eigenvalue weighted by Crippen LogP contribution is 2.12. The number of carbonyl (C=O) groups is 1. The van der Waals surface area contributed by atoms with Gasteiger partial charge in [-0.05, 0) is 24.1 Å². The molecule has 0 aromatic heterocycles. The molecule has 0 atom stereocenters. The Labute approximate surface area is 76.9 Å². The van der Waals surface area contributed by atoms with E-state index in [4.69, 9.17) is 11.5 Å². The SMILES string of the molecule is Cc1ccc(CNC(N)=O)cc1N. The van der Waals surface area contributed by atoms with Crippen molar-refractivity contribution >= 4 is 11.7 Å². The van der Waals surface area contributed by atoms with Crippen LogP contribution in [0.25, 0.3) is 0 Å². The van der Waals surface area contributed by atoms with Crippen LogP contribution in [0.3, 0.4) is 0 Å². The predicted molar refractivity (Wildman–Crippen MR) is 52.0 cm³/mol. The number of carbonyl (C=O) groups excluding carboxylic acids is 1. The Morgan fingerprint density at radius 2 is 2.23 bits per heavy atom. The molecule has 0 aliphatic heterocycles. The summed E-state index contributed by atoms with van der Waals surface area (Å²) in [6.45, 7) is 2.35. The lowest BCUT2D eigenvalue weighted by molar-refractivity contribution is 0.248. The van der Waals surface area contributed by atoms with Crippen LogP contribution < -0.4 is 16.8 Å². The molecule has 2 amide bonds. The Kier molecular flexibility index (Phi) is 2.74. The minimum absolute atomic E-state index is 0.416. The standard InChI is InChI=1S/C9H13N3O/c1-6-2-3-7(4-8(6)10)5-12-9(11)13/h2-4H,5,10H2,1H3,(H3,11,12,13). The molecule has 0 heterocycles. The summed E-state index contributed by atoms with van der Waals surface area (Å²) in [4.78, 5) is 10.4. The minimum Gasteiger partial charge on any atom is -0.399 e. The number of amides is 2. The molecule has 0 saturated heterocycles. The van der Waals surface area contributed by atoms with Gasteiger partial charge in [0.15, 0.2) is 0 Å². The second kappa shape index (κ2) is 3.80. The third kappa shape index (κ3) is 2.66. The zero-order chi connectivity index (χ0) is 9.84. The van der Waals surface area contributed by atoms with E-state index in [9.17, 15) is 4.79 Å². The number of anilines is 1. The Bertz CT molecular complexity index is 323. The monoisotopic (exact) mass is 179 g/mol. The Hall–Kier alpha value is -1.71. The van der Waals surface area contributed by atoms with Crippen molar-refractivity contribution in [2.45, 2.75) is 13.5 Å². The van der Waals surface area contributed by atoms with Crippen LogP contribution in [0.4, 0.5) is 10.5 Å². The van der Waals surface area contributed by atoms with E-state index >= 15 is 0 Å². The highest BCUT2D eigenvalue weighted by atomic mass is 16.2. The van der Waals surface area contributed by atoms with Gasteiger partial charge in [-0.2, -0.15) is 0 Å². The molecular formula is C9H13N3O. The van der Waals surface area contributed by atoms with Gasteiger partial charge in [-0.25, -0.2) is 4.79 Å². The molecule has 0 unspecified atom stereocenters. The molecule has 70 valence electrons. The zero-order valence-corrected chi connectivity index (χ0v) is 7.50. The summed E-state index contributed by atoms with van der Waals surface area (Å²) >= 11 is 0. The summed E-state index contributed by atoms with van der Waals surface area (Å²) < 4.78 is 0. The van der Waals surface area contributed by atoms with E-state index in [1.807, 2.05) is 25.1 Å². The van der Waals surface area contributed by atoms with Crippen molar-refractivity contribution in [3.63, 3.8) is 0 Å². The molecule has 5 N–H and O–H groups in total. The quantitative estimate of drug-likeness (QED) is 0.585. The topological polar surface area (TPSA) is 81.1 Å². The summed E-state index contributed by atoms with van der Waals surface area (Å²) in [5.41, 5.74) is 13.3. The normalized spacial score (nSPS) is 9.62. The average molecular weight is 179 g/mol. The van der Waals surface area contributed by atoms with Crippen molar-refractivity contribution < 1.29 is 4.79 Å². The molecular weight excluding hydrogens is 166 g/mol. The third-order valence-electron chi connectivity index (χ3n) is 1.81. The van der Waals surface area contributed by atoms with Gasteiger partial charge in [-0.3, -0.25) is 0 Å². The maximum Gasteiger partial charge on any atom is 0.312 e. The number of nitrogens with two attached hydrogens (primary N) is 2. The fourth-order valence-electron chi connectivity index (χ4n) is 0.989. The van der Waals surface area contributed by atoms with Gasteiger partial charge < -0.3 is 16.8 Å². The smallest absolute Gasteiger partial charge is 0.312 e. The molecule has 4 nitrogen and oxygen atoms in total. The van der Waals surface area contributed by atoms with Crippen LogP contribution >= 0.6 is 0 Å². The van der Waals surface area contributed by atoms with Crippen LogP contribution in [0.2, 0.25) is 0 Å². The first-order valence-corrected chi connectivity index (χ1v) is 3.98. The number of primary amides is 1. The van der Waals surface area contributed by atoms with Crippen molar-refractivity contribution in [1.29, 1.82) is 0 Å². The van der Waals surface area contributed by atoms with Crippen LogP contribution in [0.1, 0.15) is 11.1 Å². The number of nitrogen functional groups attached to an aromatic ring is 1. The van der Waals surface area contributed by atoms with Gasteiger partial charge in [0.1, 0.15) is 0 Å². The zero-order valence-electron chi connectivity index (χ0n) is 7.50. The molecule has 1 aromatic rings. The van der Waals surface area contributed by atoms with Gasteiger partial charge in [0.25, 0.3) is 0 Å². The molecule has 4 heteroatoms. The first kappa shape index (κ1) is 9.38. The van der Waals surface area contributed by atoms with Crippen molar-refractivity contribution in [2.24, 2.45) is 5.73 Å². The van der Waals surface area contributed by atoms with Gasteiger partial charge >= 0.3 is 6.03 Å². The Balaban J connectivity index is 2.68. The highest BCUT2D eigenvalue weighted by Gasteiger charge is 1.97. The minimum atomic E-state index is -0.529. The number of hydrogen-bond donors (Lipinski definition) is 3. The van der Waals surface area contributed by atoms with Crippen LogP contribution in [0.15, 0.2) is 18.2 Å². The summed E-state index contributed by atoms with van der Waals surface area (Å²) in [5, 5.41) is 2.49. The first-order chi connectivity index (χ1) is 6.09. The van der Waals surface area contributed by atoms with Gasteiger partial charge in [-0.15, -0.1) is 0 Å². The van der Waals surface area contributed by atoms with Crippen molar-refractivity contribution in [1.82, 2.24) is 5.32 Å². The van der Waals surface area contributed by atoms with E-state index in [2.05, 4.69) is 5.32 Å². The van der Waals surface area contributed by atoms with E-state index in [-0.39, 0.29) is 0 Å². The summed E-state index contributed by atoms with van der Waals surface area (Å²) in [6.07, 6.45) is 0. The average Bonchev–Trinajstić information content (AvgIpc) is 2.07. The van der Waals surface area contributed by atoms with Gasteiger partial charge in [0, 0.05) is 12.2 Å². The van der Waals surface area contributed by atoms with Crippen molar-refractivity contribution in [2.75, 3.05) is 5.73 Å². The second-order valence-corrected chi connectivity index (χ2v) is 2.91. The lowest BCUT2D eigenvalue weighted by Gasteiger charge is -2.04. The number of nitrogens with one attached hydrogen (secondary N) is 1. The number of hydrogen-bond acceptors (Lipinski definition) is 2. The maximum absolute atomic E-state index is 10.4. The van der Waals surface area contributed by atoms with Gasteiger partial charge in [0.2, 0.25) is 0 Å². The van der Waals surface area contributed by atoms with Crippen molar-refractivity contribution in [3.05, 3.63) is 29.3 Å². The fourth-order valence-corrected chi connectivity index (χ4v) is 0.989. The van der Waals surface area contributed by atoms with E-state index in [1.165, 1.54) is 0 Å². The molecule has 1 aromatic carbocycles. The van der Waals surface area contributed by atoms with Crippen LogP contribution in [0, 0.1) is 6.92 Å². The largest absolute Gasteiger partial charge is 0.399 e. The number of benzene rings is 1. The molecule has 0 saturated carbocycles. The Morgan fingerprint density at radius 3 is 2.77 bits per heavy atom. The van der Waals surface area contributed by atoms with Crippen LogP contribution in [-0.2, 0) is 6.54 Å². The molecule has 0 aliphatic carbocycles. The van der Waals surface area contributed by atoms with E-state index in [0.29, 0.717) is 6.54 Å². The fraction of sp³-hybridized carbons (Fsp3) is 0.222. The second-order valence-electron chi connectivity index (χ2n) is 2.91. The van der Waals surface area contributed by atoms with E-state index in [0.717, 1.165) is 16.8 Å². The highest BCUT2D eigenvalue weighted by molar-refractivity contribution is 5.71. The first-order valence-electron chi connectivity index (χ1n) is 3.98. The molecule has 0 fully saturated rings. The molecule has 0 aliphatic rings. The Morgan fingerprint density at radius 1 is 1.54 bits per heavy atom. The number of aryl methyl sites for hydroxylation is 1. The molecule has 1 rings (SSSR count). The van der Waals surface area contributed by atoms with Gasteiger partial charge in [-0.1, -0.05) is 12.1 Å². The van der Waals surface area contributed by atoms with E-state index in [1.54, 1.807) is 0 Å². The number of urea groups is 1. The van der Waals surface area contributed by atoms with Gasteiger partial charge in [0.05, 0.1) is 0 Å². The molecule has 0 radical (unpaired) electrons. The third-order valence-corrected chi connectivity index (χ3v) is 1.81. The summed E-state index contributed by atoms with van der Waals surface area (Å²) in [6, 6.07) is 5.11. The summed E-state index contributed by atoms with van der Waals surface area (Å²) in [7, 11) is 0. The predicted octanol–water partition coefficient (Wildman–Crippen LogP) is 0.746. The van der Waals surface area contributed by atoms with E-state index < -0.39 is 6.03 Å². The van der Waals surface area contributed by atoms with Crippen molar-refractivity contribution in [3.8, 4) is 0 Å². The maximum atomic E-state index is 10.4.